The Hall–Kier alpha value is -5.06. The predicted molar refractivity (Wildman–Crippen MR) is 185 cm³/mol. The van der Waals surface area contributed by atoms with Crippen LogP contribution < -0.4 is 26.6 Å². The van der Waals surface area contributed by atoms with Crippen LogP contribution in [0.5, 0.6) is 0 Å². The van der Waals surface area contributed by atoms with Gasteiger partial charge in [0.1, 0.15) is 0 Å². The van der Waals surface area contributed by atoms with Crippen molar-refractivity contribution >= 4 is 35.3 Å². The van der Waals surface area contributed by atoms with Crippen molar-refractivity contribution in [2.24, 2.45) is 5.11 Å². The zero-order valence-corrected chi connectivity index (χ0v) is 27.9. The van der Waals surface area contributed by atoms with E-state index in [-0.39, 0.29) is 24.4 Å². The van der Waals surface area contributed by atoms with E-state index in [4.69, 9.17) is 24.5 Å². The van der Waals surface area contributed by atoms with Crippen LogP contribution in [0.25, 0.3) is 10.4 Å². The third kappa shape index (κ3) is 16.6. The summed E-state index contributed by atoms with van der Waals surface area (Å²) in [7, 11) is 0. The summed E-state index contributed by atoms with van der Waals surface area (Å²) >= 11 is 0. The highest BCUT2D eigenvalue weighted by Crippen LogP contribution is 2.17. The molecule has 2 aromatic carbocycles. The van der Waals surface area contributed by atoms with Gasteiger partial charge in [0.25, 0.3) is 11.8 Å². The Morgan fingerprint density at radius 3 is 1.82 bits per heavy atom. The summed E-state index contributed by atoms with van der Waals surface area (Å²) in [5.41, 5.74) is 10.0. The van der Waals surface area contributed by atoms with Crippen LogP contribution in [-0.2, 0) is 18.9 Å². The molecule has 0 unspecified atom stereocenters. The molecule has 0 saturated heterocycles. The number of hydrogen-bond donors (Lipinski definition) is 5. The Bertz CT molecular complexity index is 1440. The van der Waals surface area contributed by atoms with Crippen LogP contribution in [0.2, 0.25) is 0 Å². The summed E-state index contributed by atoms with van der Waals surface area (Å²) in [5.74, 6) is 0.740. The molecule has 3 rings (SSSR count). The largest absolute Gasteiger partial charge is 0.379 e. The highest BCUT2D eigenvalue weighted by molar-refractivity contribution is 5.94. The van der Waals surface area contributed by atoms with E-state index in [1.807, 2.05) is 32.0 Å². The first-order valence-electron chi connectivity index (χ1n) is 16.0. The maximum absolute atomic E-state index is 12.5. The number of azide groups is 1. The topological polar surface area (TPSA) is 219 Å². The number of nitrogens with one attached hydrogen (secondary N) is 5. The first kappa shape index (κ1) is 38.4. The lowest BCUT2D eigenvalue weighted by Crippen LogP contribution is -2.27. The fourth-order valence-electron chi connectivity index (χ4n) is 3.96. The molecule has 0 fully saturated rings. The number of carbonyl (C=O) groups excluding carboxylic acids is 2. The lowest BCUT2D eigenvalue weighted by molar-refractivity contribution is 0.0511. The average molecular weight is 680 g/mol. The van der Waals surface area contributed by atoms with Crippen LogP contribution in [0.4, 0.5) is 23.5 Å². The van der Waals surface area contributed by atoms with Gasteiger partial charge in [0, 0.05) is 53.9 Å². The number of anilines is 4. The summed E-state index contributed by atoms with van der Waals surface area (Å²) in [5, 5.41) is 18.5. The molecular formula is C32H45N11O6. The summed E-state index contributed by atoms with van der Waals surface area (Å²) in [4.78, 5) is 40.5. The van der Waals surface area contributed by atoms with Gasteiger partial charge in [-0.1, -0.05) is 23.3 Å². The van der Waals surface area contributed by atoms with Gasteiger partial charge in [-0.2, -0.15) is 15.0 Å². The predicted octanol–water partition coefficient (Wildman–Crippen LogP) is 3.38. The van der Waals surface area contributed by atoms with E-state index in [2.05, 4.69) is 51.6 Å². The molecule has 0 bridgehead atoms. The number of benzene rings is 2. The van der Waals surface area contributed by atoms with E-state index in [0.29, 0.717) is 107 Å². The van der Waals surface area contributed by atoms with Crippen molar-refractivity contribution in [3.05, 3.63) is 76.2 Å². The number of hydrogen-bond acceptors (Lipinski definition) is 13. The van der Waals surface area contributed by atoms with Crippen molar-refractivity contribution in [1.29, 1.82) is 0 Å². The van der Waals surface area contributed by atoms with Crippen molar-refractivity contribution < 1.29 is 28.5 Å². The molecule has 5 N–H and O–H groups in total. The molecule has 0 aliphatic heterocycles. The van der Waals surface area contributed by atoms with Crippen LogP contribution in [-0.4, -0.2) is 112 Å². The minimum Gasteiger partial charge on any atom is -0.379 e. The molecule has 0 atom stereocenters. The SMILES string of the molecule is CC(C)Nc1nc(NCCOCCOCCNC(=O)c2ccccc2)nc(Nc2ccc(C(=O)NCCOCCOCCN=[N+]=[N-])cc2)n1. The molecular weight excluding hydrogens is 634 g/mol. The molecule has 3 aromatic rings. The molecule has 0 aliphatic rings. The molecule has 17 nitrogen and oxygen atoms in total. The van der Waals surface area contributed by atoms with Gasteiger partial charge in [-0.15, -0.1) is 0 Å². The average Bonchev–Trinajstić information content (AvgIpc) is 3.10. The second-order valence-corrected chi connectivity index (χ2v) is 10.5. The summed E-state index contributed by atoms with van der Waals surface area (Å²) in [6.45, 7) is 8.48. The zero-order valence-electron chi connectivity index (χ0n) is 27.9. The van der Waals surface area contributed by atoms with E-state index in [9.17, 15) is 9.59 Å². The molecule has 2 amide bonds. The van der Waals surface area contributed by atoms with E-state index in [1.165, 1.54) is 0 Å². The normalized spacial score (nSPS) is 10.7. The monoisotopic (exact) mass is 679 g/mol. The molecule has 1 aromatic heterocycles. The summed E-state index contributed by atoms with van der Waals surface area (Å²) in [6.07, 6.45) is 0. The van der Waals surface area contributed by atoms with E-state index >= 15 is 0 Å². The number of amides is 2. The Labute approximate surface area is 285 Å². The first-order chi connectivity index (χ1) is 23.9. The molecule has 0 saturated carbocycles. The van der Waals surface area contributed by atoms with Crippen LogP contribution in [0, 0.1) is 0 Å². The maximum atomic E-state index is 12.5. The number of rotatable bonds is 25. The molecule has 49 heavy (non-hydrogen) atoms. The quantitative estimate of drug-likeness (QED) is 0.0377. The third-order valence-corrected chi connectivity index (χ3v) is 6.23. The van der Waals surface area contributed by atoms with E-state index < -0.39 is 0 Å². The smallest absolute Gasteiger partial charge is 0.251 e. The van der Waals surface area contributed by atoms with Crippen molar-refractivity contribution in [3.8, 4) is 0 Å². The van der Waals surface area contributed by atoms with Crippen molar-refractivity contribution in [3.63, 3.8) is 0 Å². The molecule has 0 aliphatic carbocycles. The summed E-state index contributed by atoms with van der Waals surface area (Å²) < 4.78 is 21.8. The number of nitrogens with zero attached hydrogens (tertiary/aromatic N) is 6. The van der Waals surface area contributed by atoms with Gasteiger partial charge in [0.15, 0.2) is 0 Å². The van der Waals surface area contributed by atoms with Gasteiger partial charge in [0.2, 0.25) is 17.8 Å². The van der Waals surface area contributed by atoms with E-state index in [1.54, 1.807) is 36.4 Å². The van der Waals surface area contributed by atoms with Gasteiger partial charge in [-0.3, -0.25) is 9.59 Å². The molecule has 1 heterocycles. The molecule has 0 spiro atoms. The number of carbonyl (C=O) groups is 2. The van der Waals surface area contributed by atoms with Crippen molar-refractivity contribution in [2.45, 2.75) is 19.9 Å². The van der Waals surface area contributed by atoms with Gasteiger partial charge >= 0.3 is 0 Å². The fourth-order valence-corrected chi connectivity index (χ4v) is 3.96. The fraction of sp³-hybridized carbons (Fsp3) is 0.469. The Kier molecular flexibility index (Phi) is 18.3. The van der Waals surface area contributed by atoms with Crippen LogP contribution in [0.15, 0.2) is 59.7 Å². The lowest BCUT2D eigenvalue weighted by Gasteiger charge is -2.13. The maximum Gasteiger partial charge on any atom is 0.251 e. The number of aromatic nitrogens is 3. The van der Waals surface area contributed by atoms with Crippen LogP contribution in [0.1, 0.15) is 34.6 Å². The zero-order chi connectivity index (χ0) is 34.9. The van der Waals surface area contributed by atoms with Gasteiger partial charge in [0.05, 0.1) is 52.9 Å². The van der Waals surface area contributed by atoms with Crippen molar-refractivity contribution in [1.82, 2.24) is 25.6 Å². The Morgan fingerprint density at radius 1 is 0.694 bits per heavy atom. The highest BCUT2D eigenvalue weighted by Gasteiger charge is 2.10. The Morgan fingerprint density at radius 2 is 1.22 bits per heavy atom. The van der Waals surface area contributed by atoms with E-state index in [0.717, 1.165) is 0 Å². The molecule has 0 radical (unpaired) electrons. The highest BCUT2D eigenvalue weighted by atomic mass is 16.5. The lowest BCUT2D eigenvalue weighted by atomic mass is 10.2. The minimum absolute atomic E-state index is 0.102. The second kappa shape index (κ2) is 23.3. The first-order valence-corrected chi connectivity index (χ1v) is 16.0. The second-order valence-electron chi connectivity index (χ2n) is 10.5. The minimum atomic E-state index is -0.225. The summed E-state index contributed by atoms with van der Waals surface area (Å²) in [6, 6.07) is 16.1. The van der Waals surface area contributed by atoms with Gasteiger partial charge < -0.3 is 45.5 Å². The molecule has 17 heteroatoms. The van der Waals surface area contributed by atoms with Crippen LogP contribution >= 0.6 is 0 Å². The van der Waals surface area contributed by atoms with Gasteiger partial charge in [-0.25, -0.2) is 0 Å². The number of ether oxygens (including phenoxy) is 4. The van der Waals surface area contributed by atoms with Crippen LogP contribution in [0.3, 0.4) is 0 Å². The standard InChI is InChI=1S/C32H45N11O6/c1-24(2)38-31-40-30(36-14-18-48-21-20-46-16-12-34-28(44)25-6-4-3-5-7-25)41-32(42-31)39-27-10-8-26(9-11-27)29(45)35-13-17-47-22-23-49-19-15-37-43-33/h3-11,24H,12-23H2,1-2H3,(H,34,44)(H,35,45)(H3,36,38,39,40,41,42). The van der Waals surface area contributed by atoms with Gasteiger partial charge in [-0.05, 0) is 55.8 Å². The Balaban J connectivity index is 1.34. The van der Waals surface area contributed by atoms with Crippen molar-refractivity contribution in [2.75, 3.05) is 95.0 Å². The third-order valence-electron chi connectivity index (χ3n) is 6.23. The molecule has 264 valence electrons.